The van der Waals surface area contributed by atoms with Gasteiger partial charge < -0.3 is 4.84 Å². The third-order valence-electron chi connectivity index (χ3n) is 2.55. The Morgan fingerprint density at radius 3 is 2.16 bits per heavy atom. The minimum absolute atomic E-state index is 0.310. The van der Waals surface area contributed by atoms with Crippen molar-refractivity contribution in [1.82, 2.24) is 15.4 Å². The smallest absolute Gasteiger partial charge is 0.324 e. The van der Waals surface area contributed by atoms with E-state index >= 15 is 0 Å². The lowest BCUT2D eigenvalue weighted by molar-refractivity contribution is -0.152. The number of hydroxylamine groups is 1. The van der Waals surface area contributed by atoms with Gasteiger partial charge in [-0.15, -0.1) is 5.48 Å². The molecule has 1 N–H and O–H groups in total. The minimum atomic E-state index is -0.377. The fourth-order valence-corrected chi connectivity index (χ4v) is 1.56. The first-order valence-electron chi connectivity index (χ1n) is 6.08. The summed E-state index contributed by atoms with van der Waals surface area (Å²) in [5.41, 5.74) is 4.21. The van der Waals surface area contributed by atoms with E-state index in [4.69, 9.17) is 4.84 Å². The van der Waals surface area contributed by atoms with Crippen LogP contribution in [0, 0.1) is 0 Å². The van der Waals surface area contributed by atoms with Crippen LogP contribution in [0.5, 0.6) is 0 Å². The van der Waals surface area contributed by atoms with Crippen molar-refractivity contribution >= 4 is 5.97 Å². The SMILES string of the molecule is CCC(=O)ONC(c1ccccn1)c1ccccn1. The number of hydrogen-bond donors (Lipinski definition) is 1. The van der Waals surface area contributed by atoms with Gasteiger partial charge in [0.2, 0.25) is 0 Å². The van der Waals surface area contributed by atoms with Crippen LogP contribution in [-0.2, 0) is 9.63 Å². The van der Waals surface area contributed by atoms with Crippen molar-refractivity contribution < 1.29 is 9.63 Å². The quantitative estimate of drug-likeness (QED) is 0.830. The summed E-state index contributed by atoms with van der Waals surface area (Å²) in [7, 11) is 0. The maximum atomic E-state index is 11.3. The summed E-state index contributed by atoms with van der Waals surface area (Å²) in [5.74, 6) is -0.322. The van der Waals surface area contributed by atoms with Gasteiger partial charge in [-0.05, 0) is 24.3 Å². The van der Waals surface area contributed by atoms with Crippen LogP contribution in [0.4, 0.5) is 0 Å². The van der Waals surface area contributed by atoms with E-state index in [0.717, 1.165) is 11.4 Å². The van der Waals surface area contributed by atoms with Gasteiger partial charge in [0, 0.05) is 18.8 Å². The second kappa shape index (κ2) is 6.61. The highest BCUT2D eigenvalue weighted by Crippen LogP contribution is 2.17. The molecule has 5 nitrogen and oxygen atoms in total. The molecular weight excluding hydrogens is 242 g/mol. The van der Waals surface area contributed by atoms with E-state index in [1.54, 1.807) is 19.3 Å². The largest absolute Gasteiger partial charge is 0.370 e. The molecule has 0 spiro atoms. The van der Waals surface area contributed by atoms with Crippen LogP contribution in [-0.4, -0.2) is 15.9 Å². The molecule has 19 heavy (non-hydrogen) atoms. The van der Waals surface area contributed by atoms with Crippen molar-refractivity contribution in [1.29, 1.82) is 0 Å². The number of nitrogens with zero attached hydrogens (tertiary/aromatic N) is 2. The molecule has 0 aromatic carbocycles. The Balaban J connectivity index is 2.21. The number of carbonyl (C=O) groups excluding carboxylic acids is 1. The number of pyridine rings is 2. The molecule has 0 radical (unpaired) electrons. The lowest BCUT2D eigenvalue weighted by Gasteiger charge is -2.16. The molecule has 2 aromatic rings. The molecule has 0 atom stereocenters. The molecule has 98 valence electrons. The molecule has 0 aliphatic heterocycles. The first-order valence-corrected chi connectivity index (χ1v) is 6.08. The summed E-state index contributed by atoms with van der Waals surface area (Å²) in [4.78, 5) is 24.8. The minimum Gasteiger partial charge on any atom is -0.370 e. The highest BCUT2D eigenvalue weighted by molar-refractivity contribution is 5.68. The van der Waals surface area contributed by atoms with Crippen molar-refractivity contribution in [3.8, 4) is 0 Å². The number of nitrogens with one attached hydrogen (secondary N) is 1. The van der Waals surface area contributed by atoms with Gasteiger partial charge >= 0.3 is 5.97 Å². The first kappa shape index (κ1) is 13.2. The van der Waals surface area contributed by atoms with E-state index in [0.29, 0.717) is 6.42 Å². The molecule has 5 heteroatoms. The Labute approximate surface area is 111 Å². The van der Waals surface area contributed by atoms with Crippen molar-refractivity contribution in [2.24, 2.45) is 0 Å². The van der Waals surface area contributed by atoms with Crippen LogP contribution >= 0.6 is 0 Å². The molecule has 0 fully saturated rings. The normalized spacial score (nSPS) is 10.4. The third-order valence-corrected chi connectivity index (χ3v) is 2.55. The van der Waals surface area contributed by atoms with Crippen LogP contribution in [0.25, 0.3) is 0 Å². The lowest BCUT2D eigenvalue weighted by atomic mass is 10.1. The van der Waals surface area contributed by atoms with E-state index < -0.39 is 0 Å². The zero-order valence-electron chi connectivity index (χ0n) is 10.6. The molecule has 0 unspecified atom stereocenters. The monoisotopic (exact) mass is 257 g/mol. The van der Waals surface area contributed by atoms with Crippen LogP contribution in [0.15, 0.2) is 48.8 Å². The summed E-state index contributed by atoms with van der Waals surface area (Å²) >= 11 is 0. The number of carbonyl (C=O) groups is 1. The molecule has 2 aromatic heterocycles. The van der Waals surface area contributed by atoms with Crippen molar-refractivity contribution in [2.45, 2.75) is 19.4 Å². The Morgan fingerprint density at radius 1 is 1.16 bits per heavy atom. The van der Waals surface area contributed by atoms with E-state index in [-0.39, 0.29) is 12.0 Å². The maximum Gasteiger partial charge on any atom is 0.324 e. The average Bonchev–Trinajstić information content (AvgIpc) is 2.49. The second-order valence-corrected chi connectivity index (χ2v) is 3.89. The molecule has 0 bridgehead atoms. The highest BCUT2D eigenvalue weighted by Gasteiger charge is 2.17. The van der Waals surface area contributed by atoms with E-state index in [9.17, 15) is 4.79 Å². The zero-order chi connectivity index (χ0) is 13.5. The predicted octanol–water partition coefficient (Wildman–Crippen LogP) is 2.02. The fraction of sp³-hybridized carbons (Fsp3) is 0.214. The topological polar surface area (TPSA) is 64.1 Å². The average molecular weight is 257 g/mol. The van der Waals surface area contributed by atoms with Gasteiger partial charge in [0.1, 0.15) is 6.04 Å². The van der Waals surface area contributed by atoms with Gasteiger partial charge in [0.25, 0.3) is 0 Å². The van der Waals surface area contributed by atoms with Crippen molar-refractivity contribution in [3.05, 3.63) is 60.2 Å². The molecule has 2 rings (SSSR count). The Morgan fingerprint density at radius 2 is 1.74 bits per heavy atom. The van der Waals surface area contributed by atoms with E-state index in [1.807, 2.05) is 36.4 Å². The molecule has 0 aliphatic rings. The van der Waals surface area contributed by atoms with Gasteiger partial charge in [-0.3, -0.25) is 14.8 Å². The summed E-state index contributed by atoms with van der Waals surface area (Å²) in [5, 5.41) is 0. The standard InChI is InChI=1S/C14H15N3O2/c1-2-13(18)19-17-14(11-7-3-5-9-15-11)12-8-4-6-10-16-12/h3-10,14,17H,2H2,1H3. The predicted molar refractivity (Wildman–Crippen MR) is 69.8 cm³/mol. The Hall–Kier alpha value is -2.27. The number of aromatic nitrogens is 2. The summed E-state index contributed by atoms with van der Waals surface area (Å²) < 4.78 is 0. The fourth-order valence-electron chi connectivity index (χ4n) is 1.56. The maximum absolute atomic E-state index is 11.3. The van der Waals surface area contributed by atoms with Crippen LogP contribution in [0.1, 0.15) is 30.8 Å². The van der Waals surface area contributed by atoms with Gasteiger partial charge in [0.15, 0.2) is 0 Å². The summed E-state index contributed by atoms with van der Waals surface area (Å²) in [6.45, 7) is 1.74. The second-order valence-electron chi connectivity index (χ2n) is 3.89. The molecule has 0 amide bonds. The highest BCUT2D eigenvalue weighted by atomic mass is 16.7. The summed E-state index contributed by atoms with van der Waals surface area (Å²) in [6, 6.07) is 10.7. The Bertz CT molecular complexity index is 477. The van der Waals surface area contributed by atoms with Gasteiger partial charge in [-0.25, -0.2) is 0 Å². The van der Waals surface area contributed by atoms with Crippen LogP contribution in [0.3, 0.4) is 0 Å². The van der Waals surface area contributed by atoms with Crippen LogP contribution < -0.4 is 5.48 Å². The molecule has 0 aliphatic carbocycles. The zero-order valence-corrected chi connectivity index (χ0v) is 10.6. The van der Waals surface area contributed by atoms with Gasteiger partial charge in [-0.2, -0.15) is 0 Å². The molecule has 2 heterocycles. The van der Waals surface area contributed by atoms with E-state index in [1.165, 1.54) is 0 Å². The first-order chi connectivity index (χ1) is 9.31. The molecule has 0 saturated carbocycles. The van der Waals surface area contributed by atoms with Crippen molar-refractivity contribution in [3.63, 3.8) is 0 Å². The molecule has 0 saturated heterocycles. The third kappa shape index (κ3) is 3.59. The van der Waals surface area contributed by atoms with Gasteiger partial charge in [-0.1, -0.05) is 19.1 Å². The van der Waals surface area contributed by atoms with Crippen LogP contribution in [0.2, 0.25) is 0 Å². The molecular formula is C14H15N3O2. The van der Waals surface area contributed by atoms with E-state index in [2.05, 4.69) is 15.4 Å². The summed E-state index contributed by atoms with van der Waals surface area (Å²) in [6.07, 6.45) is 3.69. The lowest BCUT2D eigenvalue weighted by Crippen LogP contribution is -2.27. The number of rotatable bonds is 5. The Kier molecular flexibility index (Phi) is 4.58. The number of hydrogen-bond acceptors (Lipinski definition) is 5. The van der Waals surface area contributed by atoms with Crippen molar-refractivity contribution in [2.75, 3.05) is 0 Å². The van der Waals surface area contributed by atoms with Gasteiger partial charge in [0.05, 0.1) is 11.4 Å².